The number of nitrogens with zero attached hydrogens (tertiary/aromatic N) is 1. The molecule has 2 heterocycles. The van der Waals surface area contributed by atoms with Gasteiger partial charge in [-0.2, -0.15) is 0 Å². The fourth-order valence-electron chi connectivity index (χ4n) is 2.34. The smallest absolute Gasteiger partial charge is 0.355 e. The second kappa shape index (κ2) is 5.99. The molecule has 6 heteroatoms. The number of benzene rings is 1. The van der Waals surface area contributed by atoms with E-state index in [0.29, 0.717) is 37.9 Å². The van der Waals surface area contributed by atoms with Crippen LogP contribution in [0.5, 0.6) is 0 Å². The molecule has 2 aromatic heterocycles. The van der Waals surface area contributed by atoms with E-state index in [1.165, 1.54) is 0 Å². The lowest BCUT2D eigenvalue weighted by Gasteiger charge is -2.05. The molecule has 0 atom stereocenters. The fourth-order valence-corrected chi connectivity index (χ4v) is 2.76. The number of carbonyl (C=O) groups is 1. The van der Waals surface area contributed by atoms with Crippen molar-refractivity contribution in [2.75, 3.05) is 6.61 Å². The molecule has 0 aliphatic carbocycles. The molecule has 3 aromatic rings. The van der Waals surface area contributed by atoms with Crippen LogP contribution in [0.1, 0.15) is 17.4 Å². The molecule has 1 aromatic carbocycles. The Balaban J connectivity index is 2.36. The van der Waals surface area contributed by atoms with Crippen LogP contribution in [-0.4, -0.2) is 22.5 Å². The van der Waals surface area contributed by atoms with E-state index >= 15 is 0 Å². The van der Waals surface area contributed by atoms with Crippen molar-refractivity contribution in [3.63, 3.8) is 0 Å². The van der Waals surface area contributed by atoms with Crippen LogP contribution in [0, 0.1) is 0 Å². The number of fused-ring (bicyclic) bond motifs is 1. The third-order valence-electron chi connectivity index (χ3n) is 3.26. The zero-order chi connectivity index (χ0) is 15.7. The topological polar surface area (TPSA) is 55.0 Å². The van der Waals surface area contributed by atoms with Gasteiger partial charge in [-0.3, -0.25) is 4.98 Å². The van der Waals surface area contributed by atoms with E-state index in [-0.39, 0.29) is 6.61 Å². The van der Waals surface area contributed by atoms with Crippen molar-refractivity contribution in [2.24, 2.45) is 0 Å². The molecule has 3 rings (SSSR count). The number of nitrogens with one attached hydrogen (secondary N) is 1. The molecule has 0 radical (unpaired) electrons. The maximum atomic E-state index is 12.2. The zero-order valence-corrected chi connectivity index (χ0v) is 13.2. The molecule has 1 N–H and O–H groups in total. The van der Waals surface area contributed by atoms with E-state index in [1.54, 1.807) is 31.3 Å². The first-order valence-corrected chi connectivity index (χ1v) is 7.47. The lowest BCUT2D eigenvalue weighted by Crippen LogP contribution is -2.06. The molecule has 112 valence electrons. The highest BCUT2D eigenvalue weighted by Gasteiger charge is 2.23. The Morgan fingerprint density at radius 3 is 2.77 bits per heavy atom. The predicted molar refractivity (Wildman–Crippen MR) is 87.5 cm³/mol. The first-order chi connectivity index (χ1) is 10.6. The number of hydrogen-bond donors (Lipinski definition) is 1. The Morgan fingerprint density at radius 1 is 1.27 bits per heavy atom. The molecule has 0 saturated carbocycles. The number of aromatic amines is 1. The number of hydrogen-bond acceptors (Lipinski definition) is 3. The summed E-state index contributed by atoms with van der Waals surface area (Å²) in [5.41, 5.74) is 2.25. The number of H-pyrrole nitrogens is 1. The highest BCUT2D eigenvalue weighted by atomic mass is 35.5. The first-order valence-electron chi connectivity index (χ1n) is 6.71. The standard InChI is InChI=1S/C16H12Cl2N2O2/c1-2-22-16(21)15-13(10-5-3-4-8-19-10)12-11(20-15)7-6-9(17)14(12)18/h3-8,20H,2H2,1H3. The van der Waals surface area contributed by atoms with Crippen molar-refractivity contribution in [3.05, 3.63) is 52.3 Å². The summed E-state index contributed by atoms with van der Waals surface area (Å²) >= 11 is 12.5. The van der Waals surface area contributed by atoms with Gasteiger partial charge in [-0.15, -0.1) is 0 Å². The molecule has 0 unspecified atom stereocenters. The number of halogens is 2. The van der Waals surface area contributed by atoms with Gasteiger partial charge in [0.2, 0.25) is 0 Å². The lowest BCUT2D eigenvalue weighted by molar-refractivity contribution is 0.0521. The average Bonchev–Trinajstić information content (AvgIpc) is 2.92. The van der Waals surface area contributed by atoms with Gasteiger partial charge in [-0.25, -0.2) is 4.79 Å². The van der Waals surface area contributed by atoms with Crippen LogP contribution in [0.15, 0.2) is 36.5 Å². The highest BCUT2D eigenvalue weighted by Crippen LogP contribution is 2.39. The van der Waals surface area contributed by atoms with Gasteiger partial charge >= 0.3 is 5.97 Å². The number of esters is 1. The van der Waals surface area contributed by atoms with Gasteiger partial charge in [0.25, 0.3) is 0 Å². The Hall–Kier alpha value is -2.04. The van der Waals surface area contributed by atoms with Gasteiger partial charge in [-0.1, -0.05) is 29.3 Å². The molecule has 0 saturated heterocycles. The summed E-state index contributed by atoms with van der Waals surface area (Å²) in [6.07, 6.45) is 1.65. The molecule has 0 fully saturated rings. The van der Waals surface area contributed by atoms with Crippen LogP contribution in [0.2, 0.25) is 10.0 Å². The molecule has 4 nitrogen and oxygen atoms in total. The Bertz CT molecular complexity index is 844. The van der Waals surface area contributed by atoms with E-state index in [1.807, 2.05) is 12.1 Å². The van der Waals surface area contributed by atoms with E-state index in [2.05, 4.69) is 9.97 Å². The highest BCUT2D eigenvalue weighted by molar-refractivity contribution is 6.46. The number of aromatic nitrogens is 2. The Labute approximate surface area is 137 Å². The van der Waals surface area contributed by atoms with Gasteiger partial charge in [-0.05, 0) is 31.2 Å². The maximum Gasteiger partial charge on any atom is 0.355 e. The zero-order valence-electron chi connectivity index (χ0n) is 11.7. The molecule has 0 aliphatic rings. The SMILES string of the molecule is CCOC(=O)c1[nH]c2ccc(Cl)c(Cl)c2c1-c1ccccn1. The average molecular weight is 335 g/mol. The second-order valence-corrected chi connectivity index (χ2v) is 5.38. The summed E-state index contributed by atoms with van der Waals surface area (Å²) in [7, 11) is 0. The predicted octanol–water partition coefficient (Wildman–Crippen LogP) is 4.71. The molecule has 0 spiro atoms. The van der Waals surface area contributed by atoms with Gasteiger partial charge in [0.1, 0.15) is 5.69 Å². The molecular weight excluding hydrogens is 323 g/mol. The Morgan fingerprint density at radius 2 is 2.09 bits per heavy atom. The Kier molecular flexibility index (Phi) is 4.05. The minimum absolute atomic E-state index is 0.282. The van der Waals surface area contributed by atoms with Crippen molar-refractivity contribution < 1.29 is 9.53 Å². The van der Waals surface area contributed by atoms with Crippen molar-refractivity contribution in [1.29, 1.82) is 0 Å². The van der Waals surface area contributed by atoms with Gasteiger partial charge in [0, 0.05) is 22.7 Å². The third-order valence-corrected chi connectivity index (χ3v) is 4.06. The first kappa shape index (κ1) is 14.9. The molecular formula is C16H12Cl2N2O2. The summed E-state index contributed by atoms with van der Waals surface area (Å²) in [5.74, 6) is -0.452. The molecule has 22 heavy (non-hydrogen) atoms. The van der Waals surface area contributed by atoms with Gasteiger partial charge in [0.15, 0.2) is 0 Å². The minimum atomic E-state index is -0.452. The largest absolute Gasteiger partial charge is 0.461 e. The van der Waals surface area contributed by atoms with Crippen LogP contribution < -0.4 is 0 Å². The summed E-state index contributed by atoms with van der Waals surface area (Å²) in [4.78, 5) is 19.6. The summed E-state index contributed by atoms with van der Waals surface area (Å²) < 4.78 is 5.12. The molecule has 0 bridgehead atoms. The number of rotatable bonds is 3. The monoisotopic (exact) mass is 334 g/mol. The summed E-state index contributed by atoms with van der Waals surface area (Å²) in [6, 6.07) is 8.91. The summed E-state index contributed by atoms with van der Waals surface area (Å²) in [6.45, 7) is 2.04. The van der Waals surface area contributed by atoms with E-state index in [9.17, 15) is 4.79 Å². The van der Waals surface area contributed by atoms with Crippen LogP contribution in [0.25, 0.3) is 22.2 Å². The van der Waals surface area contributed by atoms with Crippen molar-refractivity contribution >= 4 is 40.1 Å². The summed E-state index contributed by atoms with van der Waals surface area (Å²) in [5, 5.41) is 1.46. The quantitative estimate of drug-likeness (QED) is 0.705. The number of ether oxygens (including phenoxy) is 1. The fraction of sp³-hybridized carbons (Fsp3) is 0.125. The van der Waals surface area contributed by atoms with Gasteiger partial charge in [0.05, 0.1) is 22.3 Å². The van der Waals surface area contributed by atoms with Crippen molar-refractivity contribution in [1.82, 2.24) is 9.97 Å². The maximum absolute atomic E-state index is 12.2. The number of pyridine rings is 1. The van der Waals surface area contributed by atoms with Crippen molar-refractivity contribution in [3.8, 4) is 11.3 Å². The normalized spacial score (nSPS) is 10.9. The van der Waals surface area contributed by atoms with Crippen LogP contribution in [0.3, 0.4) is 0 Å². The second-order valence-electron chi connectivity index (χ2n) is 4.59. The lowest BCUT2D eigenvalue weighted by atomic mass is 10.1. The number of carbonyl (C=O) groups excluding carboxylic acids is 1. The van der Waals surface area contributed by atoms with Crippen LogP contribution in [-0.2, 0) is 4.74 Å². The van der Waals surface area contributed by atoms with E-state index in [4.69, 9.17) is 27.9 Å². The van der Waals surface area contributed by atoms with E-state index < -0.39 is 5.97 Å². The molecule has 0 aliphatic heterocycles. The van der Waals surface area contributed by atoms with Gasteiger partial charge < -0.3 is 9.72 Å². The third kappa shape index (κ3) is 2.45. The molecule has 0 amide bonds. The minimum Gasteiger partial charge on any atom is -0.461 e. The van der Waals surface area contributed by atoms with E-state index in [0.717, 1.165) is 0 Å². The van der Waals surface area contributed by atoms with Crippen molar-refractivity contribution in [2.45, 2.75) is 6.92 Å². The van der Waals surface area contributed by atoms with Crippen LogP contribution in [0.4, 0.5) is 0 Å². The van der Waals surface area contributed by atoms with Crippen LogP contribution >= 0.6 is 23.2 Å².